The lowest BCUT2D eigenvalue weighted by Crippen LogP contribution is -2.20. The van der Waals surface area contributed by atoms with Gasteiger partial charge in [-0.1, -0.05) is 5.16 Å². The predicted molar refractivity (Wildman–Crippen MR) is 74.3 cm³/mol. The van der Waals surface area contributed by atoms with Crippen LogP contribution in [0.15, 0.2) is 10.7 Å². The molecule has 0 radical (unpaired) electrons. The molecule has 0 aliphatic carbocycles. The van der Waals surface area contributed by atoms with Gasteiger partial charge in [0, 0.05) is 17.8 Å². The Bertz CT molecular complexity index is 557. The van der Waals surface area contributed by atoms with Crippen molar-refractivity contribution in [3.05, 3.63) is 34.6 Å². The van der Waals surface area contributed by atoms with E-state index in [1.807, 2.05) is 27.7 Å². The summed E-state index contributed by atoms with van der Waals surface area (Å²) in [5.41, 5.74) is 3.95. The van der Waals surface area contributed by atoms with Gasteiger partial charge in [0.1, 0.15) is 11.6 Å². The molecule has 1 unspecified atom stereocenters. The monoisotopic (exact) mass is 260 g/mol. The zero-order valence-corrected chi connectivity index (χ0v) is 12.1. The minimum absolute atomic E-state index is 0.242. The van der Waals surface area contributed by atoms with Crippen LogP contribution in [0.4, 0.5) is 5.82 Å². The number of aromatic nitrogens is 3. The lowest BCUT2D eigenvalue weighted by atomic mass is 10.1. The normalized spacial score (nSPS) is 12.5. The highest BCUT2D eigenvalue weighted by molar-refractivity contribution is 5.41. The van der Waals surface area contributed by atoms with Gasteiger partial charge in [-0.25, -0.2) is 4.98 Å². The van der Waals surface area contributed by atoms with E-state index in [9.17, 15) is 0 Å². The molecule has 0 amide bonds. The van der Waals surface area contributed by atoms with Crippen molar-refractivity contribution in [2.45, 2.75) is 47.1 Å². The van der Waals surface area contributed by atoms with Crippen LogP contribution in [0, 0.1) is 27.7 Å². The van der Waals surface area contributed by atoms with Crippen LogP contribution in [0.2, 0.25) is 0 Å². The molecule has 2 heterocycles. The van der Waals surface area contributed by atoms with Gasteiger partial charge in [-0.15, -0.1) is 0 Å². The first-order valence-electron chi connectivity index (χ1n) is 6.46. The lowest BCUT2D eigenvalue weighted by molar-refractivity contribution is 0.392. The van der Waals surface area contributed by atoms with Crippen LogP contribution in [0.1, 0.15) is 35.3 Å². The van der Waals surface area contributed by atoms with Crippen LogP contribution in [0.5, 0.6) is 0 Å². The van der Waals surface area contributed by atoms with Crippen LogP contribution in [0.3, 0.4) is 0 Å². The van der Waals surface area contributed by atoms with Gasteiger partial charge in [0.25, 0.3) is 0 Å². The molecule has 5 nitrogen and oxygen atoms in total. The van der Waals surface area contributed by atoms with E-state index in [1.54, 1.807) is 6.20 Å². The smallest absolute Gasteiger partial charge is 0.147 e. The van der Waals surface area contributed by atoms with Crippen molar-refractivity contribution in [3.8, 4) is 0 Å². The molecular weight excluding hydrogens is 240 g/mol. The molecule has 5 heteroatoms. The highest BCUT2D eigenvalue weighted by atomic mass is 16.5. The van der Waals surface area contributed by atoms with Crippen LogP contribution in [-0.2, 0) is 6.42 Å². The van der Waals surface area contributed by atoms with Gasteiger partial charge < -0.3 is 9.84 Å². The third kappa shape index (κ3) is 3.10. The van der Waals surface area contributed by atoms with Crippen molar-refractivity contribution in [1.29, 1.82) is 0 Å². The molecule has 0 aliphatic rings. The van der Waals surface area contributed by atoms with Gasteiger partial charge in [0.15, 0.2) is 0 Å². The zero-order chi connectivity index (χ0) is 14.0. The number of nitrogens with zero attached hydrogens (tertiary/aromatic N) is 3. The number of anilines is 1. The summed E-state index contributed by atoms with van der Waals surface area (Å²) in [7, 11) is 0. The molecule has 102 valence electrons. The Morgan fingerprint density at radius 2 is 1.95 bits per heavy atom. The molecule has 0 fully saturated rings. The highest BCUT2D eigenvalue weighted by Gasteiger charge is 2.14. The molecule has 0 saturated carbocycles. The molecule has 1 N–H and O–H groups in total. The van der Waals surface area contributed by atoms with Gasteiger partial charge >= 0.3 is 0 Å². The molecule has 2 rings (SSSR count). The summed E-state index contributed by atoms with van der Waals surface area (Å²) < 4.78 is 5.18. The highest BCUT2D eigenvalue weighted by Crippen LogP contribution is 2.17. The second-order valence-corrected chi connectivity index (χ2v) is 5.00. The average Bonchev–Trinajstić information content (AvgIpc) is 2.65. The van der Waals surface area contributed by atoms with E-state index in [0.29, 0.717) is 0 Å². The summed E-state index contributed by atoms with van der Waals surface area (Å²) in [4.78, 5) is 8.78. The first-order chi connectivity index (χ1) is 8.97. The quantitative estimate of drug-likeness (QED) is 0.915. The van der Waals surface area contributed by atoms with E-state index in [-0.39, 0.29) is 6.04 Å². The van der Waals surface area contributed by atoms with Crippen molar-refractivity contribution in [2.24, 2.45) is 0 Å². The molecule has 0 aromatic carbocycles. The molecule has 2 aromatic heterocycles. The summed E-state index contributed by atoms with van der Waals surface area (Å²) in [6.07, 6.45) is 2.63. The maximum absolute atomic E-state index is 5.18. The maximum Gasteiger partial charge on any atom is 0.147 e. The van der Waals surface area contributed by atoms with Crippen LogP contribution in [0.25, 0.3) is 0 Å². The van der Waals surface area contributed by atoms with E-state index in [1.165, 1.54) is 5.56 Å². The lowest BCUT2D eigenvalue weighted by Gasteiger charge is -2.15. The van der Waals surface area contributed by atoms with Crippen LogP contribution in [-0.4, -0.2) is 21.2 Å². The van der Waals surface area contributed by atoms with Crippen molar-refractivity contribution in [2.75, 3.05) is 5.32 Å². The van der Waals surface area contributed by atoms with Gasteiger partial charge in [0.2, 0.25) is 0 Å². The van der Waals surface area contributed by atoms with Crippen molar-refractivity contribution < 1.29 is 4.52 Å². The Morgan fingerprint density at radius 1 is 1.21 bits per heavy atom. The second kappa shape index (κ2) is 5.38. The minimum atomic E-state index is 0.242. The Labute approximate surface area is 113 Å². The molecule has 19 heavy (non-hydrogen) atoms. The Kier molecular flexibility index (Phi) is 3.83. The van der Waals surface area contributed by atoms with Gasteiger partial charge in [0.05, 0.1) is 17.1 Å². The minimum Gasteiger partial charge on any atom is -0.366 e. The second-order valence-electron chi connectivity index (χ2n) is 5.00. The number of aryl methyl sites for hydroxylation is 4. The summed E-state index contributed by atoms with van der Waals surface area (Å²) in [5, 5.41) is 7.38. The maximum atomic E-state index is 5.18. The third-order valence-corrected chi connectivity index (χ3v) is 3.15. The van der Waals surface area contributed by atoms with Gasteiger partial charge in [-0.3, -0.25) is 4.98 Å². The fourth-order valence-corrected chi connectivity index (χ4v) is 2.06. The largest absolute Gasteiger partial charge is 0.366 e. The summed E-state index contributed by atoms with van der Waals surface area (Å²) in [6, 6.07) is 0.242. The Hall–Kier alpha value is -1.91. The Morgan fingerprint density at radius 3 is 2.58 bits per heavy atom. The SMILES string of the molecule is Cc1cnc(C)c(NC(C)Cc2c(C)noc2C)n1. The fourth-order valence-electron chi connectivity index (χ4n) is 2.06. The van der Waals surface area contributed by atoms with E-state index in [0.717, 1.165) is 35.1 Å². The summed E-state index contributed by atoms with van der Waals surface area (Å²) in [6.45, 7) is 9.93. The van der Waals surface area contributed by atoms with Crippen LogP contribution < -0.4 is 5.32 Å². The first kappa shape index (κ1) is 13.5. The predicted octanol–water partition coefficient (Wildman–Crippen LogP) is 2.74. The zero-order valence-electron chi connectivity index (χ0n) is 12.1. The van der Waals surface area contributed by atoms with E-state index in [4.69, 9.17) is 4.52 Å². The Balaban J connectivity index is 2.09. The van der Waals surface area contributed by atoms with E-state index in [2.05, 4.69) is 27.4 Å². The molecule has 0 saturated heterocycles. The molecule has 0 aliphatic heterocycles. The third-order valence-electron chi connectivity index (χ3n) is 3.15. The van der Waals surface area contributed by atoms with Gasteiger partial charge in [-0.05, 0) is 41.0 Å². The molecule has 1 atom stereocenters. The molecule has 2 aromatic rings. The molecular formula is C14H20N4O. The summed E-state index contributed by atoms with van der Waals surface area (Å²) in [5.74, 6) is 1.73. The van der Waals surface area contributed by atoms with E-state index < -0.39 is 0 Å². The van der Waals surface area contributed by atoms with E-state index >= 15 is 0 Å². The van der Waals surface area contributed by atoms with Gasteiger partial charge in [-0.2, -0.15) is 0 Å². The number of hydrogen-bond acceptors (Lipinski definition) is 5. The number of rotatable bonds is 4. The standard InChI is InChI=1S/C14H20N4O/c1-8(6-13-10(3)18-19-12(13)5)16-14-11(4)15-7-9(2)17-14/h7-8H,6H2,1-5H3,(H,16,17). The fraction of sp³-hybridized carbons (Fsp3) is 0.500. The molecule has 0 bridgehead atoms. The van der Waals surface area contributed by atoms with Crippen molar-refractivity contribution in [1.82, 2.24) is 15.1 Å². The first-order valence-corrected chi connectivity index (χ1v) is 6.46. The average molecular weight is 260 g/mol. The topological polar surface area (TPSA) is 63.8 Å². The summed E-state index contributed by atoms with van der Waals surface area (Å²) >= 11 is 0. The number of nitrogens with one attached hydrogen (secondary N) is 1. The molecule has 0 spiro atoms. The number of hydrogen-bond donors (Lipinski definition) is 1. The van der Waals surface area contributed by atoms with Crippen molar-refractivity contribution >= 4 is 5.82 Å². The van der Waals surface area contributed by atoms with Crippen LogP contribution >= 0.6 is 0 Å². The van der Waals surface area contributed by atoms with Crippen molar-refractivity contribution in [3.63, 3.8) is 0 Å².